The molecule has 5 nitrogen and oxygen atoms in total. The van der Waals surface area contributed by atoms with E-state index in [-0.39, 0.29) is 12.3 Å². The van der Waals surface area contributed by atoms with Crippen molar-refractivity contribution in [3.8, 4) is 0 Å². The van der Waals surface area contributed by atoms with Gasteiger partial charge in [-0.15, -0.1) is 0 Å². The van der Waals surface area contributed by atoms with Crippen LogP contribution in [0.4, 0.5) is 0 Å². The van der Waals surface area contributed by atoms with E-state index >= 15 is 0 Å². The standard InChI is InChI=1S/C15H19NO4/c1-10-4-6-11(7-5-10)9-12(15(18)19)16-14(17)13-3-2-8-20-13/h4-7,12-13H,2-3,8-9H2,1H3,(H,16,17)(H,18,19)/t12-,13+/m1/s1. The quantitative estimate of drug-likeness (QED) is 0.850. The summed E-state index contributed by atoms with van der Waals surface area (Å²) < 4.78 is 5.26. The monoisotopic (exact) mass is 277 g/mol. The number of aryl methyl sites for hydroxylation is 1. The van der Waals surface area contributed by atoms with Crippen molar-refractivity contribution in [2.75, 3.05) is 6.61 Å². The normalized spacial score (nSPS) is 19.6. The number of hydrogen-bond donors (Lipinski definition) is 2. The van der Waals surface area contributed by atoms with Crippen LogP contribution in [0.2, 0.25) is 0 Å². The molecule has 0 spiro atoms. The molecule has 1 aliphatic rings. The molecule has 1 heterocycles. The van der Waals surface area contributed by atoms with Gasteiger partial charge < -0.3 is 15.2 Å². The average molecular weight is 277 g/mol. The summed E-state index contributed by atoms with van der Waals surface area (Å²) in [6, 6.07) is 6.69. The van der Waals surface area contributed by atoms with Crippen LogP contribution >= 0.6 is 0 Å². The first-order valence-corrected chi connectivity index (χ1v) is 6.76. The summed E-state index contributed by atoms with van der Waals surface area (Å²) in [5, 5.41) is 11.8. The molecule has 0 bridgehead atoms. The summed E-state index contributed by atoms with van der Waals surface area (Å²) in [7, 11) is 0. The molecular weight excluding hydrogens is 258 g/mol. The van der Waals surface area contributed by atoms with E-state index < -0.39 is 18.1 Å². The Labute approximate surface area is 117 Å². The van der Waals surface area contributed by atoms with Crippen molar-refractivity contribution in [1.29, 1.82) is 0 Å². The van der Waals surface area contributed by atoms with Gasteiger partial charge in [0.25, 0.3) is 0 Å². The van der Waals surface area contributed by atoms with Gasteiger partial charge in [-0.3, -0.25) is 4.79 Å². The summed E-state index contributed by atoms with van der Waals surface area (Å²) >= 11 is 0. The lowest BCUT2D eigenvalue weighted by Crippen LogP contribution is -2.46. The summed E-state index contributed by atoms with van der Waals surface area (Å²) in [4.78, 5) is 23.2. The summed E-state index contributed by atoms with van der Waals surface area (Å²) in [5.41, 5.74) is 2.00. The Morgan fingerprint density at radius 1 is 1.40 bits per heavy atom. The summed E-state index contributed by atoms with van der Waals surface area (Å²) in [6.07, 6.45) is 1.26. The zero-order chi connectivity index (χ0) is 14.5. The average Bonchev–Trinajstić information content (AvgIpc) is 2.94. The van der Waals surface area contributed by atoms with Crippen molar-refractivity contribution in [3.63, 3.8) is 0 Å². The Balaban J connectivity index is 1.98. The molecule has 1 aromatic rings. The van der Waals surface area contributed by atoms with Gasteiger partial charge in [0.1, 0.15) is 12.1 Å². The van der Waals surface area contributed by atoms with Crippen molar-refractivity contribution >= 4 is 11.9 Å². The first-order valence-electron chi connectivity index (χ1n) is 6.76. The molecule has 5 heteroatoms. The fourth-order valence-electron chi connectivity index (χ4n) is 2.21. The van der Waals surface area contributed by atoms with Crippen LogP contribution in [0, 0.1) is 6.92 Å². The highest BCUT2D eigenvalue weighted by atomic mass is 16.5. The smallest absolute Gasteiger partial charge is 0.326 e. The predicted molar refractivity (Wildman–Crippen MR) is 73.4 cm³/mol. The number of carbonyl (C=O) groups is 2. The molecule has 0 unspecified atom stereocenters. The number of ether oxygens (including phenoxy) is 1. The number of aliphatic carboxylic acids is 1. The van der Waals surface area contributed by atoms with Gasteiger partial charge in [0.15, 0.2) is 0 Å². The van der Waals surface area contributed by atoms with Gasteiger partial charge in [-0.1, -0.05) is 29.8 Å². The Hall–Kier alpha value is -1.88. The highest BCUT2D eigenvalue weighted by Gasteiger charge is 2.28. The fourth-order valence-corrected chi connectivity index (χ4v) is 2.21. The Morgan fingerprint density at radius 2 is 2.10 bits per heavy atom. The molecule has 1 aromatic carbocycles. The predicted octanol–water partition coefficient (Wildman–Crippen LogP) is 1.29. The molecule has 0 radical (unpaired) electrons. The molecule has 1 amide bonds. The molecule has 2 atom stereocenters. The fraction of sp³-hybridized carbons (Fsp3) is 0.467. The lowest BCUT2D eigenvalue weighted by Gasteiger charge is -2.17. The van der Waals surface area contributed by atoms with E-state index in [2.05, 4.69) is 5.32 Å². The zero-order valence-electron chi connectivity index (χ0n) is 11.5. The Morgan fingerprint density at radius 3 is 2.65 bits per heavy atom. The van der Waals surface area contributed by atoms with E-state index in [1.54, 1.807) is 0 Å². The first kappa shape index (κ1) is 14.5. The van der Waals surface area contributed by atoms with Crippen LogP contribution in [0.15, 0.2) is 24.3 Å². The van der Waals surface area contributed by atoms with Gasteiger partial charge in [-0.05, 0) is 25.3 Å². The van der Waals surface area contributed by atoms with Gasteiger partial charge in [0.05, 0.1) is 0 Å². The molecule has 108 valence electrons. The molecule has 1 saturated heterocycles. The molecule has 2 rings (SSSR count). The van der Waals surface area contributed by atoms with Crippen LogP contribution in [0.5, 0.6) is 0 Å². The maximum Gasteiger partial charge on any atom is 0.326 e. The molecule has 1 fully saturated rings. The van der Waals surface area contributed by atoms with Crippen molar-refractivity contribution in [2.24, 2.45) is 0 Å². The van der Waals surface area contributed by atoms with E-state index in [4.69, 9.17) is 4.74 Å². The van der Waals surface area contributed by atoms with Gasteiger partial charge in [-0.25, -0.2) is 4.79 Å². The van der Waals surface area contributed by atoms with E-state index in [0.717, 1.165) is 17.5 Å². The molecule has 2 N–H and O–H groups in total. The van der Waals surface area contributed by atoms with Gasteiger partial charge in [0, 0.05) is 13.0 Å². The van der Waals surface area contributed by atoms with Gasteiger partial charge in [-0.2, -0.15) is 0 Å². The number of nitrogens with one attached hydrogen (secondary N) is 1. The number of rotatable bonds is 5. The van der Waals surface area contributed by atoms with Gasteiger partial charge in [0.2, 0.25) is 5.91 Å². The van der Waals surface area contributed by atoms with E-state index in [9.17, 15) is 14.7 Å². The van der Waals surface area contributed by atoms with Crippen molar-refractivity contribution < 1.29 is 19.4 Å². The second-order valence-corrected chi connectivity index (χ2v) is 5.09. The number of carbonyl (C=O) groups excluding carboxylic acids is 1. The third kappa shape index (κ3) is 3.81. The lowest BCUT2D eigenvalue weighted by atomic mass is 10.0. The van der Waals surface area contributed by atoms with Crippen molar-refractivity contribution in [1.82, 2.24) is 5.32 Å². The Bertz CT molecular complexity index is 477. The molecule has 1 aliphatic heterocycles. The first-order chi connectivity index (χ1) is 9.56. The van der Waals surface area contributed by atoms with Crippen LogP contribution in [0.25, 0.3) is 0 Å². The maximum absolute atomic E-state index is 11.9. The largest absolute Gasteiger partial charge is 0.480 e. The highest BCUT2D eigenvalue weighted by molar-refractivity contribution is 5.86. The molecular formula is C15H19NO4. The van der Waals surface area contributed by atoms with Gasteiger partial charge >= 0.3 is 5.97 Å². The Kier molecular flexibility index (Phi) is 4.74. The topological polar surface area (TPSA) is 75.6 Å². The molecule has 0 saturated carbocycles. The highest BCUT2D eigenvalue weighted by Crippen LogP contribution is 2.13. The number of carboxylic acid groups (broad SMARTS) is 1. The number of benzene rings is 1. The minimum Gasteiger partial charge on any atom is -0.480 e. The van der Waals surface area contributed by atoms with E-state index in [1.165, 1.54) is 0 Å². The van der Waals surface area contributed by atoms with Crippen LogP contribution in [-0.4, -0.2) is 35.7 Å². The second-order valence-electron chi connectivity index (χ2n) is 5.09. The summed E-state index contributed by atoms with van der Waals surface area (Å²) in [6.45, 7) is 2.53. The zero-order valence-corrected chi connectivity index (χ0v) is 11.5. The van der Waals surface area contributed by atoms with E-state index in [1.807, 2.05) is 31.2 Å². The van der Waals surface area contributed by atoms with Crippen LogP contribution in [0.3, 0.4) is 0 Å². The summed E-state index contributed by atoms with van der Waals surface area (Å²) in [5.74, 6) is -1.36. The number of hydrogen-bond acceptors (Lipinski definition) is 3. The molecule has 20 heavy (non-hydrogen) atoms. The minimum atomic E-state index is -1.03. The number of carboxylic acids is 1. The molecule has 0 aromatic heterocycles. The van der Waals surface area contributed by atoms with Crippen LogP contribution in [-0.2, 0) is 20.7 Å². The SMILES string of the molecule is Cc1ccc(C[C@@H](NC(=O)[C@@H]2CCCO2)C(=O)O)cc1. The van der Waals surface area contributed by atoms with Crippen LogP contribution < -0.4 is 5.32 Å². The third-order valence-corrected chi connectivity index (χ3v) is 3.40. The molecule has 0 aliphatic carbocycles. The third-order valence-electron chi connectivity index (χ3n) is 3.40. The van der Waals surface area contributed by atoms with Crippen LogP contribution in [0.1, 0.15) is 24.0 Å². The second kappa shape index (κ2) is 6.52. The minimum absolute atomic E-state index is 0.272. The van der Waals surface area contributed by atoms with Crippen molar-refractivity contribution in [2.45, 2.75) is 38.3 Å². The number of amides is 1. The van der Waals surface area contributed by atoms with E-state index in [0.29, 0.717) is 13.0 Å². The maximum atomic E-state index is 11.9. The lowest BCUT2D eigenvalue weighted by molar-refractivity contribution is -0.143. The van der Waals surface area contributed by atoms with Crippen molar-refractivity contribution in [3.05, 3.63) is 35.4 Å².